The number of nitrogens with one attached hydrogen (secondary N) is 1. The molecule has 0 aliphatic heterocycles. The van der Waals surface area contributed by atoms with Gasteiger partial charge in [0, 0.05) is 11.3 Å². The number of carbonyl (C=O) groups is 1. The number of nitrogens with zero attached hydrogens (tertiary/aromatic N) is 2. The number of hydrogen-bond donors (Lipinski definition) is 1. The molecule has 0 fully saturated rings. The fraction of sp³-hybridized carbons (Fsp3) is 0.316. The number of thiazole rings is 2. The number of aromatic nitrogens is 2. The maximum absolute atomic E-state index is 12.4. The first-order valence-electron chi connectivity index (χ1n) is 8.27. The quantitative estimate of drug-likeness (QED) is 0.656. The minimum atomic E-state index is -0.0556. The highest BCUT2D eigenvalue weighted by Gasteiger charge is 2.16. The number of amides is 1. The molecule has 4 nitrogen and oxygen atoms in total. The van der Waals surface area contributed by atoms with Gasteiger partial charge in [-0.3, -0.25) is 4.79 Å². The van der Waals surface area contributed by atoms with Gasteiger partial charge in [0.2, 0.25) is 5.91 Å². The molecule has 2 aromatic heterocycles. The van der Waals surface area contributed by atoms with E-state index in [2.05, 4.69) is 27.4 Å². The number of aryl methyl sites for hydroxylation is 3. The molecule has 0 radical (unpaired) electrons. The van der Waals surface area contributed by atoms with Crippen LogP contribution in [0.5, 0.6) is 0 Å². The molecule has 3 aromatic rings. The van der Waals surface area contributed by atoms with E-state index < -0.39 is 0 Å². The molecule has 0 unspecified atom stereocenters. The fourth-order valence-corrected chi connectivity index (χ4v) is 4.25. The van der Waals surface area contributed by atoms with Crippen molar-refractivity contribution in [2.45, 2.75) is 33.6 Å². The molecule has 0 saturated heterocycles. The predicted octanol–water partition coefficient (Wildman–Crippen LogP) is 5.09. The Balaban J connectivity index is 1.58. The summed E-state index contributed by atoms with van der Waals surface area (Å²) in [6, 6.07) is 10.3. The lowest BCUT2D eigenvalue weighted by atomic mass is 10.0. The molecular weight excluding hydrogens is 350 g/mol. The summed E-state index contributed by atoms with van der Waals surface area (Å²) < 4.78 is 0. The predicted molar refractivity (Wildman–Crippen MR) is 105 cm³/mol. The van der Waals surface area contributed by atoms with Crippen LogP contribution in [-0.4, -0.2) is 15.9 Å². The van der Waals surface area contributed by atoms with Crippen molar-refractivity contribution in [3.05, 3.63) is 52.0 Å². The smallest absolute Gasteiger partial charge is 0.228 e. The van der Waals surface area contributed by atoms with E-state index in [9.17, 15) is 4.79 Å². The van der Waals surface area contributed by atoms with E-state index >= 15 is 0 Å². The summed E-state index contributed by atoms with van der Waals surface area (Å²) in [6.45, 7) is 5.94. The molecule has 0 spiro atoms. The number of rotatable bonds is 6. The van der Waals surface area contributed by atoms with Gasteiger partial charge in [0.25, 0.3) is 0 Å². The lowest BCUT2D eigenvalue weighted by Crippen LogP contribution is -2.20. The van der Waals surface area contributed by atoms with Gasteiger partial charge in [-0.25, -0.2) is 9.97 Å². The van der Waals surface area contributed by atoms with Gasteiger partial charge in [-0.15, -0.1) is 22.7 Å². The van der Waals surface area contributed by atoms with Crippen LogP contribution in [0.4, 0.5) is 5.13 Å². The fourth-order valence-electron chi connectivity index (χ4n) is 2.59. The van der Waals surface area contributed by atoms with Crippen LogP contribution in [0.3, 0.4) is 0 Å². The highest BCUT2D eigenvalue weighted by molar-refractivity contribution is 7.16. The Kier molecular flexibility index (Phi) is 5.60. The van der Waals surface area contributed by atoms with Crippen molar-refractivity contribution in [2.24, 2.45) is 5.92 Å². The summed E-state index contributed by atoms with van der Waals surface area (Å²) in [5.41, 5.74) is 3.14. The minimum Gasteiger partial charge on any atom is -0.302 e. The summed E-state index contributed by atoms with van der Waals surface area (Å²) in [6.07, 6.45) is 1.72. The number of benzene rings is 1. The zero-order chi connectivity index (χ0) is 17.8. The summed E-state index contributed by atoms with van der Waals surface area (Å²) in [5.74, 6) is -0.0334. The first-order chi connectivity index (χ1) is 12.0. The lowest BCUT2D eigenvalue weighted by Gasteiger charge is -2.10. The number of hydrogen-bond acceptors (Lipinski definition) is 5. The average Bonchev–Trinajstić information content (AvgIpc) is 3.19. The Morgan fingerprint density at radius 2 is 1.96 bits per heavy atom. The SMILES string of the molecule is Cc1nc(C)c(-c2csc(NC(=O)[C@H](C)CCc3ccccc3)n2)s1. The minimum absolute atomic E-state index is 0.0223. The van der Waals surface area contributed by atoms with E-state index in [1.54, 1.807) is 11.3 Å². The highest BCUT2D eigenvalue weighted by Crippen LogP contribution is 2.32. The standard InChI is InChI=1S/C19H21N3OS2/c1-12(9-10-15-7-5-4-6-8-15)18(23)22-19-21-16(11-24-19)17-13(2)20-14(3)25-17/h4-8,11-12H,9-10H2,1-3H3,(H,21,22,23)/t12-/m1/s1. The largest absolute Gasteiger partial charge is 0.302 e. The average molecular weight is 372 g/mol. The first kappa shape index (κ1) is 17.8. The molecule has 130 valence electrons. The monoisotopic (exact) mass is 371 g/mol. The van der Waals surface area contributed by atoms with E-state index in [1.807, 2.05) is 44.4 Å². The molecule has 0 saturated carbocycles. The van der Waals surface area contributed by atoms with Gasteiger partial charge < -0.3 is 5.32 Å². The number of anilines is 1. The maximum Gasteiger partial charge on any atom is 0.228 e. The normalized spacial score (nSPS) is 12.1. The summed E-state index contributed by atoms with van der Waals surface area (Å²) in [4.78, 5) is 22.5. The van der Waals surface area contributed by atoms with Crippen molar-refractivity contribution in [1.82, 2.24) is 9.97 Å². The van der Waals surface area contributed by atoms with Crippen molar-refractivity contribution in [3.63, 3.8) is 0 Å². The van der Waals surface area contributed by atoms with Crippen LogP contribution in [0.25, 0.3) is 10.6 Å². The molecule has 25 heavy (non-hydrogen) atoms. The van der Waals surface area contributed by atoms with Crippen LogP contribution >= 0.6 is 22.7 Å². The molecule has 0 aliphatic carbocycles. The third-order valence-corrected chi connectivity index (χ3v) is 5.88. The Bertz CT molecular complexity index is 855. The van der Waals surface area contributed by atoms with Crippen LogP contribution in [0.2, 0.25) is 0 Å². The topological polar surface area (TPSA) is 54.9 Å². The van der Waals surface area contributed by atoms with E-state index in [-0.39, 0.29) is 11.8 Å². The Morgan fingerprint density at radius 3 is 2.64 bits per heavy atom. The van der Waals surface area contributed by atoms with Gasteiger partial charge in [-0.1, -0.05) is 37.3 Å². The molecule has 1 N–H and O–H groups in total. The van der Waals surface area contributed by atoms with Crippen molar-refractivity contribution >= 4 is 33.7 Å². The molecule has 1 amide bonds. The second-order valence-corrected chi connectivity index (χ2v) is 8.16. The third kappa shape index (κ3) is 4.52. The third-order valence-electron chi connectivity index (χ3n) is 4.03. The van der Waals surface area contributed by atoms with Gasteiger partial charge in [-0.2, -0.15) is 0 Å². The van der Waals surface area contributed by atoms with Gasteiger partial charge >= 0.3 is 0 Å². The highest BCUT2D eigenvalue weighted by atomic mass is 32.1. The van der Waals surface area contributed by atoms with E-state index in [0.29, 0.717) is 5.13 Å². The summed E-state index contributed by atoms with van der Waals surface area (Å²) in [5, 5.41) is 6.60. The van der Waals surface area contributed by atoms with Crippen molar-refractivity contribution in [2.75, 3.05) is 5.32 Å². The van der Waals surface area contributed by atoms with Crippen LogP contribution in [-0.2, 0) is 11.2 Å². The Labute approximate surface area is 156 Å². The zero-order valence-electron chi connectivity index (χ0n) is 14.6. The first-order valence-corrected chi connectivity index (χ1v) is 9.97. The van der Waals surface area contributed by atoms with Gasteiger partial charge in [0.15, 0.2) is 5.13 Å². The van der Waals surface area contributed by atoms with Crippen LogP contribution in [0, 0.1) is 19.8 Å². The van der Waals surface area contributed by atoms with Crippen LogP contribution < -0.4 is 5.32 Å². The molecule has 1 atom stereocenters. The molecule has 1 aromatic carbocycles. The van der Waals surface area contributed by atoms with Gasteiger partial charge in [-0.05, 0) is 32.3 Å². The second-order valence-electron chi connectivity index (χ2n) is 6.10. The molecule has 0 aliphatic rings. The second kappa shape index (κ2) is 7.89. The van der Waals surface area contributed by atoms with E-state index in [0.717, 1.165) is 34.1 Å². The molecule has 6 heteroatoms. The molecular formula is C19H21N3OS2. The lowest BCUT2D eigenvalue weighted by molar-refractivity contribution is -0.119. The Hall–Kier alpha value is -2.05. The van der Waals surface area contributed by atoms with E-state index in [4.69, 9.17) is 0 Å². The summed E-state index contributed by atoms with van der Waals surface area (Å²) in [7, 11) is 0. The maximum atomic E-state index is 12.4. The Morgan fingerprint density at radius 1 is 1.20 bits per heavy atom. The molecule has 3 rings (SSSR count). The van der Waals surface area contributed by atoms with Crippen LogP contribution in [0.15, 0.2) is 35.7 Å². The molecule has 2 heterocycles. The zero-order valence-corrected chi connectivity index (χ0v) is 16.2. The van der Waals surface area contributed by atoms with Gasteiger partial charge in [0.1, 0.15) is 0 Å². The molecule has 0 bridgehead atoms. The summed E-state index contributed by atoms with van der Waals surface area (Å²) >= 11 is 3.09. The van der Waals surface area contributed by atoms with Crippen LogP contribution in [0.1, 0.15) is 29.6 Å². The van der Waals surface area contributed by atoms with Crippen molar-refractivity contribution in [3.8, 4) is 10.6 Å². The number of carbonyl (C=O) groups excluding carboxylic acids is 1. The van der Waals surface area contributed by atoms with Gasteiger partial charge in [0.05, 0.1) is 21.3 Å². The van der Waals surface area contributed by atoms with Crippen molar-refractivity contribution < 1.29 is 4.79 Å². The van der Waals surface area contributed by atoms with E-state index in [1.165, 1.54) is 16.9 Å². The van der Waals surface area contributed by atoms with Crippen molar-refractivity contribution in [1.29, 1.82) is 0 Å².